The summed E-state index contributed by atoms with van der Waals surface area (Å²) in [7, 11) is -3.55. The summed E-state index contributed by atoms with van der Waals surface area (Å²) in [5, 5.41) is 0. The Morgan fingerprint density at radius 3 is 1.83 bits per heavy atom. The van der Waals surface area contributed by atoms with Crippen LogP contribution in [0.2, 0.25) is 0 Å². The Balaban J connectivity index is 1.62. The molecule has 6 heteroatoms. The van der Waals surface area contributed by atoms with Gasteiger partial charge in [0.25, 0.3) is 0 Å². The van der Waals surface area contributed by atoms with E-state index in [9.17, 15) is 13.2 Å². The molecule has 0 saturated carbocycles. The molecule has 0 unspecified atom stereocenters. The highest BCUT2D eigenvalue weighted by Crippen LogP contribution is 2.39. The summed E-state index contributed by atoms with van der Waals surface area (Å²) < 4.78 is 27.8. The van der Waals surface area contributed by atoms with E-state index in [2.05, 4.69) is 0 Å². The van der Waals surface area contributed by atoms with Crippen molar-refractivity contribution in [2.24, 2.45) is 0 Å². The van der Waals surface area contributed by atoms with Crippen LogP contribution in [0.25, 0.3) is 0 Å². The fourth-order valence-corrected chi connectivity index (χ4v) is 6.13. The number of hydrogen-bond donors (Lipinski definition) is 0. The lowest BCUT2D eigenvalue weighted by Crippen LogP contribution is -2.53. The first kappa shape index (κ1) is 21.1. The molecule has 160 valence electrons. The third-order valence-corrected chi connectivity index (χ3v) is 8.55. The fraction of sp³-hybridized carbons (Fsp3) is 0.458. The van der Waals surface area contributed by atoms with Gasteiger partial charge in [0, 0.05) is 26.2 Å². The first-order chi connectivity index (χ1) is 14.3. The number of rotatable bonds is 4. The zero-order chi connectivity index (χ0) is 21.4. The first-order valence-electron chi connectivity index (χ1n) is 10.8. The molecule has 2 fully saturated rings. The van der Waals surface area contributed by atoms with Crippen molar-refractivity contribution in [3.63, 3.8) is 0 Å². The Hall–Kier alpha value is -2.18. The van der Waals surface area contributed by atoms with E-state index in [1.54, 1.807) is 16.4 Å². The van der Waals surface area contributed by atoms with Crippen LogP contribution in [-0.4, -0.2) is 49.7 Å². The highest BCUT2D eigenvalue weighted by atomic mass is 32.2. The van der Waals surface area contributed by atoms with Crippen molar-refractivity contribution in [3.05, 3.63) is 65.2 Å². The molecule has 2 aromatic carbocycles. The van der Waals surface area contributed by atoms with Crippen LogP contribution in [-0.2, 0) is 20.2 Å². The molecule has 0 radical (unpaired) electrons. The number of aryl methyl sites for hydroxylation is 2. The number of hydrogen-bond acceptors (Lipinski definition) is 3. The second-order valence-corrected chi connectivity index (χ2v) is 10.6. The van der Waals surface area contributed by atoms with Gasteiger partial charge in [0.15, 0.2) is 0 Å². The van der Waals surface area contributed by atoms with Crippen molar-refractivity contribution < 1.29 is 13.2 Å². The average molecular weight is 427 g/mol. The molecule has 1 amide bonds. The molecule has 2 heterocycles. The van der Waals surface area contributed by atoms with Crippen LogP contribution in [0.15, 0.2) is 53.4 Å². The SMILES string of the molecule is Cc1ccc(C2(C(=O)N3CCCC3)CCN(S(=O)(=O)c3ccc(C)cc3)CC2)cc1. The fourth-order valence-electron chi connectivity index (χ4n) is 4.69. The predicted molar refractivity (Wildman–Crippen MR) is 118 cm³/mol. The van der Waals surface area contributed by atoms with Crippen molar-refractivity contribution in [1.82, 2.24) is 9.21 Å². The van der Waals surface area contributed by atoms with Gasteiger partial charge in [0.1, 0.15) is 0 Å². The summed E-state index contributed by atoms with van der Waals surface area (Å²) in [6.07, 6.45) is 3.11. The van der Waals surface area contributed by atoms with Crippen molar-refractivity contribution in [2.45, 2.75) is 49.8 Å². The van der Waals surface area contributed by atoms with Crippen LogP contribution in [0.1, 0.15) is 42.4 Å². The molecule has 0 atom stereocenters. The molecular weight excluding hydrogens is 396 g/mol. The molecule has 2 aliphatic heterocycles. The minimum atomic E-state index is -3.55. The predicted octanol–water partition coefficient (Wildman–Crippen LogP) is 3.65. The van der Waals surface area contributed by atoms with E-state index in [0.29, 0.717) is 30.8 Å². The first-order valence-corrected chi connectivity index (χ1v) is 12.2. The van der Waals surface area contributed by atoms with E-state index < -0.39 is 15.4 Å². The van der Waals surface area contributed by atoms with Gasteiger partial charge in [-0.25, -0.2) is 8.42 Å². The van der Waals surface area contributed by atoms with E-state index in [0.717, 1.165) is 42.6 Å². The van der Waals surface area contributed by atoms with Gasteiger partial charge in [-0.1, -0.05) is 47.5 Å². The highest BCUT2D eigenvalue weighted by Gasteiger charge is 2.47. The van der Waals surface area contributed by atoms with E-state index in [1.807, 2.05) is 55.1 Å². The van der Waals surface area contributed by atoms with Gasteiger partial charge in [-0.05, 0) is 57.2 Å². The lowest BCUT2D eigenvalue weighted by molar-refractivity contribution is -0.138. The molecule has 0 bridgehead atoms. The van der Waals surface area contributed by atoms with Crippen LogP contribution < -0.4 is 0 Å². The van der Waals surface area contributed by atoms with E-state index in [1.165, 1.54) is 0 Å². The van der Waals surface area contributed by atoms with Crippen molar-refractivity contribution in [1.29, 1.82) is 0 Å². The van der Waals surface area contributed by atoms with E-state index in [4.69, 9.17) is 0 Å². The lowest BCUT2D eigenvalue weighted by Gasteiger charge is -2.42. The molecule has 2 saturated heterocycles. The normalized spacial score (nSPS) is 19.7. The monoisotopic (exact) mass is 426 g/mol. The third-order valence-electron chi connectivity index (χ3n) is 6.64. The van der Waals surface area contributed by atoms with Gasteiger partial charge in [0.2, 0.25) is 15.9 Å². The topological polar surface area (TPSA) is 57.7 Å². The summed E-state index contributed by atoms with van der Waals surface area (Å²) >= 11 is 0. The van der Waals surface area contributed by atoms with Crippen LogP contribution in [0, 0.1) is 13.8 Å². The van der Waals surface area contributed by atoms with Crippen LogP contribution in [0.3, 0.4) is 0 Å². The zero-order valence-corrected chi connectivity index (χ0v) is 18.6. The molecule has 2 aromatic rings. The number of sulfonamides is 1. The summed E-state index contributed by atoms with van der Waals surface area (Å²) in [6.45, 7) is 6.29. The maximum atomic E-state index is 13.6. The van der Waals surface area contributed by atoms with E-state index >= 15 is 0 Å². The zero-order valence-electron chi connectivity index (χ0n) is 17.8. The molecule has 4 rings (SSSR count). The standard InChI is InChI=1S/C24H30N2O3S/c1-19-5-9-21(10-6-19)24(23(27)25-15-3-4-16-25)13-17-26(18-14-24)30(28,29)22-11-7-20(2)8-12-22/h5-12H,3-4,13-18H2,1-2H3. The molecule has 5 nitrogen and oxygen atoms in total. The minimum absolute atomic E-state index is 0.163. The van der Waals surface area contributed by atoms with Gasteiger partial charge >= 0.3 is 0 Å². The number of nitrogens with zero attached hydrogens (tertiary/aromatic N) is 2. The summed E-state index contributed by atoms with van der Waals surface area (Å²) in [5.74, 6) is 0.163. The Kier molecular flexibility index (Phi) is 5.73. The molecule has 0 N–H and O–H groups in total. The van der Waals surface area contributed by atoms with Gasteiger partial charge in [-0.15, -0.1) is 0 Å². The van der Waals surface area contributed by atoms with Gasteiger partial charge in [-0.3, -0.25) is 4.79 Å². The molecule has 0 aliphatic carbocycles. The van der Waals surface area contributed by atoms with Crippen molar-refractivity contribution >= 4 is 15.9 Å². The Bertz CT molecular complexity index is 999. The molecule has 30 heavy (non-hydrogen) atoms. The third kappa shape index (κ3) is 3.79. The maximum Gasteiger partial charge on any atom is 0.243 e. The number of piperidine rings is 1. The second kappa shape index (κ2) is 8.16. The van der Waals surface area contributed by atoms with Crippen LogP contribution in [0.5, 0.6) is 0 Å². The molecule has 2 aliphatic rings. The highest BCUT2D eigenvalue weighted by molar-refractivity contribution is 7.89. The number of amides is 1. The smallest absolute Gasteiger partial charge is 0.243 e. The molecule has 0 aromatic heterocycles. The number of benzene rings is 2. The minimum Gasteiger partial charge on any atom is -0.342 e. The maximum absolute atomic E-state index is 13.6. The van der Waals surface area contributed by atoms with Crippen molar-refractivity contribution in [2.75, 3.05) is 26.2 Å². The lowest BCUT2D eigenvalue weighted by atomic mass is 9.72. The van der Waals surface area contributed by atoms with Crippen molar-refractivity contribution in [3.8, 4) is 0 Å². The van der Waals surface area contributed by atoms with E-state index in [-0.39, 0.29) is 5.91 Å². The number of carbonyl (C=O) groups is 1. The molecule has 0 spiro atoms. The van der Waals surface area contributed by atoms with Gasteiger partial charge in [0.05, 0.1) is 10.3 Å². The largest absolute Gasteiger partial charge is 0.342 e. The van der Waals surface area contributed by atoms with Gasteiger partial charge in [-0.2, -0.15) is 4.31 Å². The Morgan fingerprint density at radius 2 is 1.30 bits per heavy atom. The Morgan fingerprint density at radius 1 is 0.800 bits per heavy atom. The average Bonchev–Trinajstić information content (AvgIpc) is 3.29. The van der Waals surface area contributed by atoms with Gasteiger partial charge < -0.3 is 4.90 Å². The summed E-state index contributed by atoms with van der Waals surface area (Å²) in [6, 6.07) is 15.2. The second-order valence-electron chi connectivity index (χ2n) is 8.66. The summed E-state index contributed by atoms with van der Waals surface area (Å²) in [5.41, 5.74) is 2.55. The number of carbonyl (C=O) groups excluding carboxylic acids is 1. The van der Waals surface area contributed by atoms with Crippen LogP contribution >= 0.6 is 0 Å². The summed E-state index contributed by atoms with van der Waals surface area (Å²) in [4.78, 5) is 15.9. The quantitative estimate of drug-likeness (QED) is 0.750. The molecular formula is C24H30N2O3S. The Labute approximate surface area is 179 Å². The number of likely N-dealkylation sites (tertiary alicyclic amines) is 1. The van der Waals surface area contributed by atoms with Crippen LogP contribution in [0.4, 0.5) is 0 Å².